The molecule has 4 rings (SSSR count). The summed E-state index contributed by atoms with van der Waals surface area (Å²) in [6.07, 6.45) is 9.97. The molecule has 0 saturated heterocycles. The first kappa shape index (κ1) is 21.2. The second kappa shape index (κ2) is 9.82. The molecular formula is C24H32N2O3S. The number of carbonyl (C=O) groups is 1. The van der Waals surface area contributed by atoms with E-state index in [0.717, 1.165) is 53.7 Å². The second-order valence-corrected chi connectivity index (χ2v) is 9.65. The summed E-state index contributed by atoms with van der Waals surface area (Å²) in [7, 11) is 0. The minimum atomic E-state index is -0.752. The Morgan fingerprint density at radius 1 is 1.13 bits per heavy atom. The molecule has 1 N–H and O–H groups in total. The number of hydrogen-bond acceptors (Lipinski definition) is 5. The van der Waals surface area contributed by atoms with E-state index in [1.807, 2.05) is 12.1 Å². The molecule has 0 amide bonds. The second-order valence-electron chi connectivity index (χ2n) is 8.81. The number of carboxylic acids is 1. The van der Waals surface area contributed by atoms with Crippen LogP contribution in [0.4, 0.5) is 5.13 Å². The number of thiazole rings is 1. The number of hydrogen-bond donors (Lipinski definition) is 1. The van der Waals surface area contributed by atoms with Crippen molar-refractivity contribution in [3.8, 4) is 17.0 Å². The number of aliphatic carboxylic acids is 1. The van der Waals surface area contributed by atoms with Crippen LogP contribution in [0.2, 0.25) is 0 Å². The largest absolute Gasteiger partial charge is 0.490 e. The summed E-state index contributed by atoms with van der Waals surface area (Å²) in [5.41, 5.74) is 2.03. The van der Waals surface area contributed by atoms with Gasteiger partial charge in [0.05, 0.1) is 18.2 Å². The topological polar surface area (TPSA) is 62.7 Å². The van der Waals surface area contributed by atoms with Gasteiger partial charge >= 0.3 is 5.97 Å². The van der Waals surface area contributed by atoms with Gasteiger partial charge < -0.3 is 14.7 Å². The highest BCUT2D eigenvalue weighted by Crippen LogP contribution is 2.34. The van der Waals surface area contributed by atoms with E-state index in [1.165, 1.54) is 25.7 Å². The number of aromatic nitrogens is 1. The Morgan fingerprint density at radius 2 is 1.83 bits per heavy atom. The van der Waals surface area contributed by atoms with Gasteiger partial charge in [-0.15, -0.1) is 11.3 Å². The molecule has 0 unspecified atom stereocenters. The van der Waals surface area contributed by atoms with Crippen molar-refractivity contribution >= 4 is 22.4 Å². The molecule has 2 aromatic rings. The summed E-state index contributed by atoms with van der Waals surface area (Å²) in [5, 5.41) is 12.2. The Labute approximate surface area is 183 Å². The van der Waals surface area contributed by atoms with E-state index < -0.39 is 5.97 Å². The van der Waals surface area contributed by atoms with E-state index >= 15 is 0 Å². The Balaban J connectivity index is 1.42. The van der Waals surface area contributed by atoms with Crippen molar-refractivity contribution in [1.29, 1.82) is 0 Å². The van der Waals surface area contributed by atoms with Crippen LogP contribution < -0.4 is 9.64 Å². The van der Waals surface area contributed by atoms with E-state index in [2.05, 4.69) is 29.3 Å². The Hall–Kier alpha value is -2.08. The first-order valence-corrected chi connectivity index (χ1v) is 12.2. The minimum Gasteiger partial charge on any atom is -0.490 e. The predicted molar refractivity (Wildman–Crippen MR) is 121 cm³/mol. The van der Waals surface area contributed by atoms with Crippen molar-refractivity contribution in [2.45, 2.75) is 76.9 Å². The third kappa shape index (κ3) is 5.34. The quantitative estimate of drug-likeness (QED) is 0.559. The maximum atomic E-state index is 11.1. The molecular weight excluding hydrogens is 396 g/mol. The number of benzene rings is 1. The Bertz CT molecular complexity index is 821. The summed E-state index contributed by atoms with van der Waals surface area (Å²) in [6, 6.07) is 8.67. The van der Waals surface area contributed by atoms with E-state index in [1.54, 1.807) is 11.3 Å². The zero-order valence-electron chi connectivity index (χ0n) is 17.8. The molecule has 2 aliphatic rings. The zero-order valence-corrected chi connectivity index (χ0v) is 18.6. The minimum absolute atomic E-state index is 0.150. The molecule has 5 nitrogen and oxygen atoms in total. The lowest BCUT2D eigenvalue weighted by Crippen LogP contribution is -2.35. The molecule has 0 radical (unpaired) electrons. The van der Waals surface area contributed by atoms with Gasteiger partial charge in [0, 0.05) is 23.5 Å². The number of nitrogens with zero attached hydrogens (tertiary/aromatic N) is 2. The van der Waals surface area contributed by atoms with Gasteiger partial charge in [-0.1, -0.05) is 19.8 Å². The van der Waals surface area contributed by atoms with Crippen LogP contribution in [-0.2, 0) is 4.79 Å². The van der Waals surface area contributed by atoms with Crippen LogP contribution in [0, 0.1) is 5.92 Å². The fourth-order valence-electron chi connectivity index (χ4n) is 4.64. The van der Waals surface area contributed by atoms with E-state index in [9.17, 15) is 4.79 Å². The van der Waals surface area contributed by atoms with Crippen LogP contribution in [0.3, 0.4) is 0 Å². The first-order chi connectivity index (χ1) is 14.6. The third-order valence-corrected chi connectivity index (χ3v) is 7.36. The summed E-state index contributed by atoms with van der Waals surface area (Å²) < 4.78 is 6.18. The maximum absolute atomic E-state index is 11.1. The van der Waals surface area contributed by atoms with Crippen molar-refractivity contribution in [3.63, 3.8) is 0 Å². The molecule has 1 aromatic heterocycles. The average Bonchev–Trinajstić information content (AvgIpc) is 3.43. The van der Waals surface area contributed by atoms with Crippen LogP contribution in [-0.4, -0.2) is 34.8 Å². The molecule has 30 heavy (non-hydrogen) atoms. The molecule has 0 aliphatic heterocycles. The molecule has 1 heterocycles. The standard InChI is InChI=1S/C24H32N2O3S/c1-17-6-10-20(11-7-17)29-21-12-8-18(9-13-21)22-16-30-24(25-22)26(15-14-23(27)28)19-4-2-3-5-19/h8-9,12-13,16-17,19-20H,2-7,10-11,14-15H2,1H3,(H,27,28). The molecule has 0 atom stereocenters. The molecule has 0 bridgehead atoms. The fourth-order valence-corrected chi connectivity index (χ4v) is 5.57. The van der Waals surface area contributed by atoms with Gasteiger partial charge in [0.1, 0.15) is 5.75 Å². The van der Waals surface area contributed by atoms with Crippen LogP contribution in [0.5, 0.6) is 5.75 Å². The Kier molecular flexibility index (Phi) is 6.93. The predicted octanol–water partition coefficient (Wildman–Crippen LogP) is 5.99. The van der Waals surface area contributed by atoms with Gasteiger partial charge in [0.25, 0.3) is 0 Å². The number of ether oxygens (including phenoxy) is 1. The SMILES string of the molecule is CC1CCC(Oc2ccc(-c3csc(N(CCC(=O)O)C4CCCC4)n3)cc2)CC1. The van der Waals surface area contributed by atoms with Crippen molar-refractivity contribution in [3.05, 3.63) is 29.6 Å². The number of anilines is 1. The van der Waals surface area contributed by atoms with Gasteiger partial charge in [-0.25, -0.2) is 4.98 Å². The third-order valence-electron chi connectivity index (χ3n) is 6.49. The van der Waals surface area contributed by atoms with Gasteiger partial charge in [-0.3, -0.25) is 4.79 Å². The molecule has 1 aromatic carbocycles. The van der Waals surface area contributed by atoms with Gasteiger partial charge in [0.2, 0.25) is 0 Å². The normalized spacial score (nSPS) is 22.2. The van der Waals surface area contributed by atoms with Crippen LogP contribution in [0.15, 0.2) is 29.6 Å². The number of rotatable bonds is 8. The van der Waals surface area contributed by atoms with E-state index in [0.29, 0.717) is 18.7 Å². The molecule has 0 spiro atoms. The monoisotopic (exact) mass is 428 g/mol. The highest BCUT2D eigenvalue weighted by molar-refractivity contribution is 7.14. The van der Waals surface area contributed by atoms with Gasteiger partial charge in [-0.05, 0) is 68.7 Å². The van der Waals surface area contributed by atoms with Gasteiger partial charge in [-0.2, -0.15) is 0 Å². The highest BCUT2D eigenvalue weighted by atomic mass is 32.1. The Morgan fingerprint density at radius 3 is 2.50 bits per heavy atom. The lowest BCUT2D eigenvalue weighted by Gasteiger charge is -2.28. The molecule has 2 saturated carbocycles. The average molecular weight is 429 g/mol. The summed E-state index contributed by atoms with van der Waals surface area (Å²) in [6.45, 7) is 2.85. The van der Waals surface area contributed by atoms with Gasteiger partial charge in [0.15, 0.2) is 5.13 Å². The number of carboxylic acid groups (broad SMARTS) is 1. The van der Waals surface area contributed by atoms with E-state index in [4.69, 9.17) is 14.8 Å². The summed E-state index contributed by atoms with van der Waals surface area (Å²) >= 11 is 1.61. The lowest BCUT2D eigenvalue weighted by molar-refractivity contribution is -0.136. The summed E-state index contributed by atoms with van der Waals surface area (Å²) in [4.78, 5) is 18.2. The van der Waals surface area contributed by atoms with Crippen molar-refractivity contribution in [2.75, 3.05) is 11.4 Å². The van der Waals surface area contributed by atoms with Crippen molar-refractivity contribution in [2.24, 2.45) is 5.92 Å². The molecule has 6 heteroatoms. The van der Waals surface area contributed by atoms with Crippen LogP contribution in [0.25, 0.3) is 11.3 Å². The van der Waals surface area contributed by atoms with Crippen LogP contribution in [0.1, 0.15) is 64.7 Å². The van der Waals surface area contributed by atoms with E-state index in [-0.39, 0.29) is 6.42 Å². The van der Waals surface area contributed by atoms with Crippen molar-refractivity contribution < 1.29 is 14.6 Å². The first-order valence-electron chi connectivity index (χ1n) is 11.3. The smallest absolute Gasteiger partial charge is 0.305 e. The maximum Gasteiger partial charge on any atom is 0.305 e. The van der Waals surface area contributed by atoms with Crippen LogP contribution >= 0.6 is 11.3 Å². The molecule has 2 fully saturated rings. The summed E-state index contributed by atoms with van der Waals surface area (Å²) in [5.74, 6) is 1.01. The highest BCUT2D eigenvalue weighted by Gasteiger charge is 2.25. The lowest BCUT2D eigenvalue weighted by atomic mass is 9.89. The fraction of sp³-hybridized carbons (Fsp3) is 0.583. The molecule has 162 valence electrons. The van der Waals surface area contributed by atoms with Crippen molar-refractivity contribution in [1.82, 2.24) is 4.98 Å². The molecule has 2 aliphatic carbocycles. The zero-order chi connectivity index (χ0) is 20.9.